The van der Waals surface area contributed by atoms with Crippen LogP contribution < -0.4 is 10.6 Å². The van der Waals surface area contributed by atoms with Crippen molar-refractivity contribution in [3.8, 4) is 0 Å². The largest absolute Gasteiger partial charge is 0.393 e. The van der Waals surface area contributed by atoms with Crippen LogP contribution in [0.2, 0.25) is 0 Å². The van der Waals surface area contributed by atoms with Crippen molar-refractivity contribution in [2.75, 3.05) is 39.3 Å². The molecule has 3 N–H and O–H groups in total. The number of nitrogens with one attached hydrogen (secondary N) is 2. The van der Waals surface area contributed by atoms with Crippen LogP contribution in [0.5, 0.6) is 0 Å². The molecule has 1 aromatic rings. The molecule has 0 bridgehead atoms. The standard InChI is InChI=1S/C21H33FN4O.HI/c1-2-23-20(24-11-4-12-26-13-7-19(27)8-14-26)25-16-21(9-10-21)17-5-3-6-18(22)15-17;/h3,5-6,15,19,27H,2,4,7-14,16H2,1H3,(H2,23,24,25);1H. The molecule has 0 radical (unpaired) electrons. The van der Waals surface area contributed by atoms with Gasteiger partial charge in [-0.3, -0.25) is 4.99 Å². The maximum Gasteiger partial charge on any atom is 0.191 e. The van der Waals surface area contributed by atoms with Gasteiger partial charge in [0.1, 0.15) is 5.82 Å². The molecule has 28 heavy (non-hydrogen) atoms. The summed E-state index contributed by atoms with van der Waals surface area (Å²) in [6.07, 6.45) is 4.86. The molecule has 1 aromatic carbocycles. The van der Waals surface area contributed by atoms with Crippen LogP contribution >= 0.6 is 24.0 Å². The molecular weight excluding hydrogens is 470 g/mol. The molecule has 0 spiro atoms. The number of hydrogen-bond donors (Lipinski definition) is 3. The lowest BCUT2D eigenvalue weighted by Crippen LogP contribution is -2.40. The summed E-state index contributed by atoms with van der Waals surface area (Å²) in [5, 5.41) is 16.3. The first kappa shape index (κ1) is 23.3. The summed E-state index contributed by atoms with van der Waals surface area (Å²) in [7, 11) is 0. The van der Waals surface area contributed by atoms with E-state index in [9.17, 15) is 9.50 Å². The van der Waals surface area contributed by atoms with E-state index in [-0.39, 0.29) is 41.3 Å². The highest BCUT2D eigenvalue weighted by atomic mass is 127. The quantitative estimate of drug-likeness (QED) is 0.221. The van der Waals surface area contributed by atoms with Gasteiger partial charge in [-0.2, -0.15) is 0 Å². The third-order valence-corrected chi connectivity index (χ3v) is 5.68. The minimum Gasteiger partial charge on any atom is -0.393 e. The van der Waals surface area contributed by atoms with E-state index in [4.69, 9.17) is 4.99 Å². The number of benzene rings is 1. The van der Waals surface area contributed by atoms with Gasteiger partial charge in [0.2, 0.25) is 0 Å². The SMILES string of the molecule is CCNC(=NCC1(c2cccc(F)c2)CC1)NCCCN1CCC(O)CC1.I. The number of aliphatic hydroxyl groups is 1. The van der Waals surface area contributed by atoms with Crippen molar-refractivity contribution >= 4 is 29.9 Å². The summed E-state index contributed by atoms with van der Waals surface area (Å²) >= 11 is 0. The molecule has 5 nitrogen and oxygen atoms in total. The van der Waals surface area contributed by atoms with Crippen molar-refractivity contribution in [2.45, 2.75) is 50.5 Å². The fraction of sp³-hybridized carbons (Fsp3) is 0.667. The monoisotopic (exact) mass is 504 g/mol. The number of hydrogen-bond acceptors (Lipinski definition) is 3. The Balaban J connectivity index is 0.00000280. The molecule has 1 saturated heterocycles. The third kappa shape index (κ3) is 6.84. The Hall–Kier alpha value is -0.930. The minimum atomic E-state index is -0.169. The lowest BCUT2D eigenvalue weighted by Gasteiger charge is -2.29. The van der Waals surface area contributed by atoms with E-state index >= 15 is 0 Å². The fourth-order valence-electron chi connectivity index (χ4n) is 3.73. The molecule has 1 heterocycles. The van der Waals surface area contributed by atoms with Crippen LogP contribution in [0.3, 0.4) is 0 Å². The van der Waals surface area contributed by atoms with Crippen molar-refractivity contribution in [1.82, 2.24) is 15.5 Å². The predicted molar refractivity (Wildman–Crippen MR) is 123 cm³/mol. The number of aliphatic hydroxyl groups excluding tert-OH is 1. The summed E-state index contributed by atoms with van der Waals surface area (Å²) in [5.41, 5.74) is 1.08. The second-order valence-corrected chi connectivity index (χ2v) is 7.84. The number of nitrogens with zero attached hydrogens (tertiary/aromatic N) is 2. The van der Waals surface area contributed by atoms with Gasteiger partial charge < -0.3 is 20.6 Å². The highest BCUT2D eigenvalue weighted by Crippen LogP contribution is 2.48. The lowest BCUT2D eigenvalue weighted by molar-refractivity contribution is 0.0823. The summed E-state index contributed by atoms with van der Waals surface area (Å²) in [6.45, 7) is 7.48. The number of likely N-dealkylation sites (tertiary alicyclic amines) is 1. The van der Waals surface area contributed by atoms with E-state index in [1.165, 1.54) is 6.07 Å². The second-order valence-electron chi connectivity index (χ2n) is 7.84. The van der Waals surface area contributed by atoms with Gasteiger partial charge in [0.25, 0.3) is 0 Å². The molecule has 2 fully saturated rings. The molecule has 0 unspecified atom stereocenters. The smallest absolute Gasteiger partial charge is 0.191 e. The lowest BCUT2D eigenvalue weighted by atomic mass is 9.96. The Morgan fingerprint density at radius 2 is 2.04 bits per heavy atom. The van der Waals surface area contributed by atoms with Crippen LogP contribution in [0.15, 0.2) is 29.3 Å². The number of aliphatic imine (C=N–C) groups is 1. The van der Waals surface area contributed by atoms with Crippen molar-refractivity contribution in [1.29, 1.82) is 0 Å². The average Bonchev–Trinajstić information content (AvgIpc) is 3.46. The molecule has 2 aliphatic rings. The summed E-state index contributed by atoms with van der Waals surface area (Å²) in [4.78, 5) is 7.19. The third-order valence-electron chi connectivity index (χ3n) is 5.68. The minimum absolute atomic E-state index is 0. The van der Waals surface area contributed by atoms with E-state index in [0.29, 0.717) is 6.54 Å². The Morgan fingerprint density at radius 1 is 1.29 bits per heavy atom. The van der Waals surface area contributed by atoms with Gasteiger partial charge in [-0.25, -0.2) is 4.39 Å². The maximum absolute atomic E-state index is 13.5. The number of halogens is 2. The number of rotatable bonds is 8. The topological polar surface area (TPSA) is 59.9 Å². The van der Waals surface area contributed by atoms with Crippen LogP contribution in [-0.2, 0) is 5.41 Å². The van der Waals surface area contributed by atoms with E-state index in [0.717, 1.165) is 76.4 Å². The Morgan fingerprint density at radius 3 is 2.68 bits per heavy atom. The zero-order valence-electron chi connectivity index (χ0n) is 16.8. The van der Waals surface area contributed by atoms with E-state index in [1.807, 2.05) is 6.07 Å². The first-order valence-corrected chi connectivity index (χ1v) is 10.3. The van der Waals surface area contributed by atoms with E-state index in [1.54, 1.807) is 12.1 Å². The van der Waals surface area contributed by atoms with E-state index < -0.39 is 0 Å². The highest BCUT2D eigenvalue weighted by Gasteiger charge is 2.44. The van der Waals surface area contributed by atoms with Crippen molar-refractivity contribution in [2.24, 2.45) is 4.99 Å². The van der Waals surface area contributed by atoms with Gasteiger partial charge in [-0.05, 0) is 63.3 Å². The molecule has 158 valence electrons. The van der Waals surface area contributed by atoms with Crippen LogP contribution in [0.25, 0.3) is 0 Å². The van der Waals surface area contributed by atoms with Crippen molar-refractivity contribution < 1.29 is 9.50 Å². The van der Waals surface area contributed by atoms with Crippen molar-refractivity contribution in [3.63, 3.8) is 0 Å². The molecule has 1 aliphatic carbocycles. The first-order chi connectivity index (χ1) is 13.1. The second kappa shape index (κ2) is 11.3. The van der Waals surface area contributed by atoms with Gasteiger partial charge in [-0.15, -0.1) is 24.0 Å². The Labute approximate surface area is 185 Å². The molecule has 1 saturated carbocycles. The molecule has 0 atom stereocenters. The Kier molecular flexibility index (Phi) is 9.43. The first-order valence-electron chi connectivity index (χ1n) is 10.3. The zero-order chi connectivity index (χ0) is 19.1. The molecule has 1 aliphatic heterocycles. The summed E-state index contributed by atoms with van der Waals surface area (Å²) < 4.78 is 13.5. The van der Waals surface area contributed by atoms with Gasteiger partial charge in [0, 0.05) is 31.6 Å². The number of piperidine rings is 1. The van der Waals surface area contributed by atoms with Gasteiger partial charge >= 0.3 is 0 Å². The summed E-state index contributed by atoms with van der Waals surface area (Å²) in [6, 6.07) is 6.95. The molecular formula is C21H34FIN4O. The van der Waals surface area contributed by atoms with Crippen LogP contribution in [0.1, 0.15) is 44.6 Å². The zero-order valence-corrected chi connectivity index (χ0v) is 19.1. The van der Waals surface area contributed by atoms with Crippen LogP contribution in [0.4, 0.5) is 4.39 Å². The molecule has 0 aromatic heterocycles. The molecule has 0 amide bonds. The van der Waals surface area contributed by atoms with Crippen molar-refractivity contribution in [3.05, 3.63) is 35.6 Å². The van der Waals surface area contributed by atoms with Gasteiger partial charge in [0.15, 0.2) is 5.96 Å². The predicted octanol–water partition coefficient (Wildman–Crippen LogP) is 2.88. The average molecular weight is 504 g/mol. The van der Waals surface area contributed by atoms with Gasteiger partial charge in [-0.1, -0.05) is 12.1 Å². The van der Waals surface area contributed by atoms with Crippen LogP contribution in [-0.4, -0.2) is 61.3 Å². The summed E-state index contributed by atoms with van der Waals surface area (Å²) in [5.74, 6) is 0.673. The van der Waals surface area contributed by atoms with Gasteiger partial charge in [0.05, 0.1) is 12.6 Å². The molecule has 3 rings (SSSR count). The Bertz CT molecular complexity index is 631. The van der Waals surface area contributed by atoms with E-state index in [2.05, 4.69) is 22.5 Å². The molecule has 7 heteroatoms. The highest BCUT2D eigenvalue weighted by molar-refractivity contribution is 14.0. The maximum atomic E-state index is 13.5. The number of guanidine groups is 1. The van der Waals surface area contributed by atoms with Crippen LogP contribution in [0, 0.1) is 5.82 Å². The fourth-order valence-corrected chi connectivity index (χ4v) is 3.73. The normalized spacial score (nSPS) is 19.8.